The van der Waals surface area contributed by atoms with Crippen molar-refractivity contribution in [1.82, 2.24) is 0 Å². The molecule has 0 aliphatic carbocycles. The number of anilines is 3. The zero-order chi connectivity index (χ0) is 25.1. The molecule has 2 unspecified atom stereocenters. The third-order valence-corrected chi connectivity index (χ3v) is 10.1. The molecule has 0 radical (unpaired) electrons. The van der Waals surface area contributed by atoms with E-state index in [4.69, 9.17) is 4.74 Å². The summed E-state index contributed by atoms with van der Waals surface area (Å²) in [5.41, 5.74) is 13.6. The minimum absolute atomic E-state index is 0.285. The molecule has 0 N–H and O–H groups in total. The predicted molar refractivity (Wildman–Crippen MR) is 157 cm³/mol. The lowest BCUT2D eigenvalue weighted by molar-refractivity contribution is 0.0717. The second-order valence-electron chi connectivity index (χ2n) is 10.2. The molecule has 2 atom stereocenters. The van der Waals surface area contributed by atoms with E-state index < -0.39 is 0 Å². The fourth-order valence-corrected chi connectivity index (χ4v) is 6.23. The third-order valence-electron chi connectivity index (χ3n) is 7.62. The summed E-state index contributed by atoms with van der Waals surface area (Å²) in [7, 11) is 0. The van der Waals surface area contributed by atoms with Crippen LogP contribution < -0.4 is 4.90 Å². The number of nitrogens with zero attached hydrogens (tertiary/aromatic N) is 1. The van der Waals surface area contributed by atoms with Crippen LogP contribution in [0.15, 0.2) is 75.7 Å². The molecule has 4 heteroatoms. The van der Waals surface area contributed by atoms with Gasteiger partial charge in [0.15, 0.2) is 0 Å². The van der Waals surface area contributed by atoms with Crippen molar-refractivity contribution < 1.29 is 4.74 Å². The van der Waals surface area contributed by atoms with Crippen LogP contribution in [0.4, 0.5) is 17.1 Å². The van der Waals surface area contributed by atoms with Gasteiger partial charge in [0, 0.05) is 26.0 Å². The summed E-state index contributed by atoms with van der Waals surface area (Å²) in [5.74, 6) is 0. The SMILES string of the molecule is Cc1cc(N(c2ccc(-c3ccc4c(c3)C3CCC4O3)cc2)c2cc(C)c(Br)c(C)c2)cc(C)c1Br. The summed E-state index contributed by atoms with van der Waals surface area (Å²) >= 11 is 7.49. The van der Waals surface area contributed by atoms with Crippen LogP contribution in [-0.4, -0.2) is 0 Å². The van der Waals surface area contributed by atoms with Gasteiger partial charge in [0.1, 0.15) is 0 Å². The van der Waals surface area contributed by atoms with Crippen LogP contribution in [0.1, 0.15) is 58.4 Å². The van der Waals surface area contributed by atoms with E-state index in [2.05, 4.69) is 131 Å². The summed E-state index contributed by atoms with van der Waals surface area (Å²) in [6, 6.07) is 24.9. The maximum Gasteiger partial charge on any atom is 0.0838 e. The van der Waals surface area contributed by atoms with Crippen LogP contribution in [0.5, 0.6) is 0 Å². The van der Waals surface area contributed by atoms with Crippen molar-refractivity contribution in [1.29, 1.82) is 0 Å². The molecule has 0 spiro atoms. The summed E-state index contributed by atoms with van der Waals surface area (Å²) in [6.45, 7) is 8.63. The van der Waals surface area contributed by atoms with Gasteiger partial charge in [-0.1, -0.05) is 56.1 Å². The van der Waals surface area contributed by atoms with E-state index in [1.165, 1.54) is 53.5 Å². The summed E-state index contributed by atoms with van der Waals surface area (Å²) in [4.78, 5) is 2.36. The van der Waals surface area contributed by atoms with Gasteiger partial charge in [0.05, 0.1) is 12.2 Å². The number of fused-ring (bicyclic) bond motifs is 5. The van der Waals surface area contributed by atoms with Gasteiger partial charge in [-0.15, -0.1) is 0 Å². The van der Waals surface area contributed by atoms with Crippen LogP contribution in [0.2, 0.25) is 0 Å². The Kier molecular flexibility index (Phi) is 6.10. The first-order valence-electron chi connectivity index (χ1n) is 12.5. The molecule has 2 aliphatic heterocycles. The second kappa shape index (κ2) is 9.16. The molecule has 2 aliphatic rings. The quantitative estimate of drug-likeness (QED) is 0.230. The Hall–Kier alpha value is -2.40. The first-order chi connectivity index (χ1) is 17.3. The van der Waals surface area contributed by atoms with E-state index in [0.29, 0.717) is 6.10 Å². The van der Waals surface area contributed by atoms with Gasteiger partial charge in [-0.3, -0.25) is 0 Å². The summed E-state index contributed by atoms with van der Waals surface area (Å²) in [5, 5.41) is 0. The molecule has 0 saturated carbocycles. The van der Waals surface area contributed by atoms with Crippen LogP contribution in [0.25, 0.3) is 11.1 Å². The number of ether oxygens (including phenoxy) is 1. The number of halogens is 2. The highest BCUT2D eigenvalue weighted by Gasteiger charge is 2.37. The van der Waals surface area contributed by atoms with E-state index >= 15 is 0 Å². The lowest BCUT2D eigenvalue weighted by Crippen LogP contribution is -2.11. The summed E-state index contributed by atoms with van der Waals surface area (Å²) < 4.78 is 8.46. The average Bonchev–Trinajstić information content (AvgIpc) is 3.49. The van der Waals surface area contributed by atoms with Crippen molar-refractivity contribution in [2.24, 2.45) is 0 Å². The topological polar surface area (TPSA) is 12.5 Å². The van der Waals surface area contributed by atoms with Gasteiger partial charge in [0.25, 0.3) is 0 Å². The zero-order valence-electron chi connectivity index (χ0n) is 21.0. The van der Waals surface area contributed by atoms with Crippen LogP contribution in [-0.2, 0) is 4.74 Å². The number of rotatable bonds is 4. The molecular weight excluding hydrogens is 574 g/mol. The lowest BCUT2D eigenvalue weighted by atomic mass is 9.89. The van der Waals surface area contributed by atoms with Gasteiger partial charge in [-0.05, 0) is 128 Å². The third kappa shape index (κ3) is 4.04. The smallest absolute Gasteiger partial charge is 0.0838 e. The highest BCUT2D eigenvalue weighted by molar-refractivity contribution is 9.10. The minimum atomic E-state index is 0.285. The van der Waals surface area contributed by atoms with Crippen molar-refractivity contribution in [3.8, 4) is 11.1 Å². The van der Waals surface area contributed by atoms with Gasteiger partial charge in [-0.25, -0.2) is 0 Å². The van der Waals surface area contributed by atoms with Crippen molar-refractivity contribution >= 4 is 48.9 Å². The summed E-state index contributed by atoms with van der Waals surface area (Å²) in [6.07, 6.45) is 2.90. The molecule has 36 heavy (non-hydrogen) atoms. The Labute approximate surface area is 230 Å². The van der Waals surface area contributed by atoms with E-state index in [1.807, 2.05) is 0 Å². The van der Waals surface area contributed by atoms with Gasteiger partial charge < -0.3 is 9.64 Å². The van der Waals surface area contributed by atoms with Crippen molar-refractivity contribution in [2.45, 2.75) is 52.7 Å². The van der Waals surface area contributed by atoms with E-state index in [1.54, 1.807) is 0 Å². The molecule has 1 saturated heterocycles. The Morgan fingerprint density at radius 3 is 1.58 bits per heavy atom. The molecule has 2 heterocycles. The zero-order valence-corrected chi connectivity index (χ0v) is 24.2. The first kappa shape index (κ1) is 24.0. The van der Waals surface area contributed by atoms with Crippen molar-refractivity contribution in [3.63, 3.8) is 0 Å². The van der Waals surface area contributed by atoms with E-state index in [-0.39, 0.29) is 6.10 Å². The molecule has 0 aromatic heterocycles. The molecule has 182 valence electrons. The highest BCUT2D eigenvalue weighted by atomic mass is 79.9. The Morgan fingerprint density at radius 2 is 1.06 bits per heavy atom. The molecule has 4 aromatic rings. The molecule has 0 amide bonds. The first-order valence-corrected chi connectivity index (χ1v) is 14.1. The molecule has 6 rings (SSSR count). The highest BCUT2D eigenvalue weighted by Crippen LogP contribution is 2.51. The van der Waals surface area contributed by atoms with E-state index in [0.717, 1.165) is 29.9 Å². The van der Waals surface area contributed by atoms with Crippen molar-refractivity contribution in [2.75, 3.05) is 4.90 Å². The maximum atomic E-state index is 6.12. The molecule has 2 bridgehead atoms. The average molecular weight is 603 g/mol. The molecule has 2 nitrogen and oxygen atoms in total. The monoisotopic (exact) mass is 601 g/mol. The fraction of sp³-hybridized carbons (Fsp3) is 0.250. The van der Waals surface area contributed by atoms with Gasteiger partial charge in [-0.2, -0.15) is 0 Å². The largest absolute Gasteiger partial charge is 0.366 e. The van der Waals surface area contributed by atoms with Crippen LogP contribution in [0, 0.1) is 27.7 Å². The van der Waals surface area contributed by atoms with Gasteiger partial charge in [0.2, 0.25) is 0 Å². The fourth-order valence-electron chi connectivity index (χ4n) is 5.78. The second-order valence-corrected chi connectivity index (χ2v) is 11.8. The number of benzene rings is 4. The Bertz CT molecular complexity index is 1390. The number of hydrogen-bond donors (Lipinski definition) is 0. The van der Waals surface area contributed by atoms with Gasteiger partial charge >= 0.3 is 0 Å². The number of hydrogen-bond acceptors (Lipinski definition) is 2. The van der Waals surface area contributed by atoms with Crippen molar-refractivity contribution in [3.05, 3.63) is 109 Å². The van der Waals surface area contributed by atoms with Crippen LogP contribution in [0.3, 0.4) is 0 Å². The molecular formula is C32H29Br2NO. The normalized spacial score (nSPS) is 17.9. The lowest BCUT2D eigenvalue weighted by Gasteiger charge is -2.28. The molecule has 4 aromatic carbocycles. The molecule has 1 fully saturated rings. The maximum absolute atomic E-state index is 6.12. The minimum Gasteiger partial charge on any atom is -0.366 e. The Balaban J connectivity index is 1.43. The number of aryl methyl sites for hydroxylation is 4. The van der Waals surface area contributed by atoms with Crippen LogP contribution >= 0.6 is 31.9 Å². The predicted octanol–water partition coefficient (Wildman–Crippen LogP) is 10.5. The Morgan fingerprint density at radius 1 is 0.583 bits per heavy atom. The standard InChI is InChI=1S/C32H29Br2NO/c1-18-13-25(14-19(2)31(18)33)35(26-15-20(3)32(34)21(4)16-26)24-8-5-22(6-9-24)23-7-10-27-28(17-23)30-12-11-29(27)36-30/h5-10,13-17,29-30H,11-12H2,1-4H3. The van der Waals surface area contributed by atoms with E-state index in [9.17, 15) is 0 Å².